The lowest BCUT2D eigenvalue weighted by molar-refractivity contribution is -0.141. The molecule has 306 valence electrons. The van der Waals surface area contributed by atoms with Crippen molar-refractivity contribution in [2.24, 2.45) is 17.0 Å². The third-order valence-corrected chi connectivity index (χ3v) is 13.8. The Morgan fingerprint density at radius 1 is 1.12 bits per heavy atom. The number of hydrogen-bond donors (Lipinski definition) is 3. The van der Waals surface area contributed by atoms with Gasteiger partial charge < -0.3 is 29.7 Å². The molecule has 2 aromatic rings. The molecular formula is C39H55N7O9S. The van der Waals surface area contributed by atoms with Crippen LogP contribution in [0, 0.1) is 23.7 Å². The van der Waals surface area contributed by atoms with Crippen molar-refractivity contribution in [2.45, 2.75) is 133 Å². The Morgan fingerprint density at radius 3 is 2.52 bits per heavy atom. The van der Waals surface area contributed by atoms with Gasteiger partial charge in [0.2, 0.25) is 27.7 Å². The second kappa shape index (κ2) is 15.2. The normalized spacial score (nSPS) is 31.1. The minimum atomic E-state index is -3.78. The lowest BCUT2D eigenvalue weighted by atomic mass is 9.88. The third-order valence-electron chi connectivity index (χ3n) is 11.6. The highest BCUT2D eigenvalue weighted by Gasteiger charge is 2.70. The maximum absolute atomic E-state index is 14.8. The van der Waals surface area contributed by atoms with Gasteiger partial charge in [0, 0.05) is 25.5 Å². The number of aryl methyl sites for hydroxylation is 1. The molecule has 0 radical (unpaired) electrons. The molecule has 0 spiro atoms. The summed E-state index contributed by atoms with van der Waals surface area (Å²) < 4.78 is 45.6. The second-order valence-corrected chi connectivity index (χ2v) is 19.7. The lowest BCUT2D eigenvalue weighted by Gasteiger charge is -2.33. The van der Waals surface area contributed by atoms with E-state index in [2.05, 4.69) is 32.4 Å². The van der Waals surface area contributed by atoms with Gasteiger partial charge in [-0.2, -0.15) is 0 Å². The number of nitrogens with one attached hydrogen (secondary N) is 3. The number of nitroso groups, excluding NO2 is 1. The van der Waals surface area contributed by atoms with Gasteiger partial charge in [-0.15, -0.1) is 4.91 Å². The fourth-order valence-electron chi connectivity index (χ4n) is 7.84. The van der Waals surface area contributed by atoms with Gasteiger partial charge in [-0.1, -0.05) is 31.2 Å². The number of rotatable bonds is 9. The van der Waals surface area contributed by atoms with Crippen LogP contribution in [0.4, 0.5) is 4.79 Å². The molecule has 56 heavy (non-hydrogen) atoms. The summed E-state index contributed by atoms with van der Waals surface area (Å²) in [5, 5.41) is 9.27. The summed E-state index contributed by atoms with van der Waals surface area (Å²) in [6.07, 6.45) is 4.95. The molecule has 1 aromatic heterocycles. The highest BCUT2D eigenvalue weighted by atomic mass is 32.2. The minimum absolute atomic E-state index is 0.0238. The number of aromatic nitrogens is 2. The molecule has 2 saturated carbocycles. The monoisotopic (exact) mass is 797 g/mol. The van der Waals surface area contributed by atoms with Crippen LogP contribution in [0.1, 0.15) is 92.2 Å². The lowest BCUT2D eigenvalue weighted by Crippen LogP contribution is -2.59. The average molecular weight is 798 g/mol. The van der Waals surface area contributed by atoms with E-state index in [0.29, 0.717) is 54.6 Å². The van der Waals surface area contributed by atoms with Crippen molar-refractivity contribution in [3.05, 3.63) is 41.0 Å². The zero-order chi connectivity index (χ0) is 40.8. The Bertz CT molecular complexity index is 2020. The number of nitrogens with zero attached hydrogens (tertiary/aromatic N) is 4. The maximum Gasteiger partial charge on any atom is 0.408 e. The molecule has 2 aliphatic carbocycles. The van der Waals surface area contributed by atoms with Crippen molar-refractivity contribution in [1.82, 2.24) is 30.2 Å². The largest absolute Gasteiger partial charge is 0.497 e. The Kier molecular flexibility index (Phi) is 11.2. The molecule has 0 bridgehead atoms. The number of amides is 3. The van der Waals surface area contributed by atoms with E-state index >= 15 is 0 Å². The first-order chi connectivity index (χ1) is 26.2. The molecule has 17 heteroatoms. The first-order valence-corrected chi connectivity index (χ1v) is 20.8. The van der Waals surface area contributed by atoms with Crippen LogP contribution in [0.25, 0.3) is 11.0 Å². The van der Waals surface area contributed by atoms with Crippen molar-refractivity contribution in [2.75, 3.05) is 20.2 Å². The predicted octanol–water partition coefficient (Wildman–Crippen LogP) is 4.44. The van der Waals surface area contributed by atoms with Crippen LogP contribution in [-0.2, 0) is 24.3 Å². The SMILES string of the molecule is COc1ccc2nc(C)c(O[C@@H]3CC4C(=O)N[C@]5(CNS(=O)(=O)C6(C)CC6)C[C@@]5(N=O)/C=C\CC[C@@H](C)C[C@@H](C)[C@H](NC(=O)OC(C)(C)C)C(=O)N4C3)nc2c1. The van der Waals surface area contributed by atoms with Crippen LogP contribution in [-0.4, -0.2) is 101 Å². The van der Waals surface area contributed by atoms with Crippen LogP contribution in [0.2, 0.25) is 0 Å². The molecule has 1 aromatic carbocycles. The van der Waals surface area contributed by atoms with Crippen LogP contribution in [0.15, 0.2) is 35.5 Å². The van der Waals surface area contributed by atoms with Crippen LogP contribution < -0.4 is 24.8 Å². The summed E-state index contributed by atoms with van der Waals surface area (Å²) in [5.41, 5.74) is -1.97. The summed E-state index contributed by atoms with van der Waals surface area (Å²) in [6, 6.07) is 3.10. The number of ether oxygens (including phenoxy) is 3. The summed E-state index contributed by atoms with van der Waals surface area (Å²) >= 11 is 0. The number of carbonyl (C=O) groups excluding carboxylic acids is 3. The molecule has 3 heterocycles. The van der Waals surface area contributed by atoms with Gasteiger partial charge >= 0.3 is 6.09 Å². The van der Waals surface area contributed by atoms with Crippen molar-refractivity contribution in [1.29, 1.82) is 0 Å². The summed E-state index contributed by atoms with van der Waals surface area (Å²) in [7, 11) is -2.23. The molecule has 4 aliphatic rings. The first kappa shape index (κ1) is 41.3. The number of fused-ring (bicyclic) bond motifs is 3. The minimum Gasteiger partial charge on any atom is -0.497 e. The van der Waals surface area contributed by atoms with Crippen molar-refractivity contribution >= 4 is 39.0 Å². The van der Waals surface area contributed by atoms with Crippen LogP contribution >= 0.6 is 0 Å². The molecular weight excluding hydrogens is 743 g/mol. The number of alkyl carbamates (subject to hydrolysis) is 1. The van der Waals surface area contributed by atoms with Gasteiger partial charge in [0.25, 0.3) is 0 Å². The third kappa shape index (κ3) is 8.48. The second-order valence-electron chi connectivity index (χ2n) is 17.4. The summed E-state index contributed by atoms with van der Waals surface area (Å²) in [6.45, 7) is 12.2. The molecule has 3 N–H and O–H groups in total. The molecule has 3 amide bonds. The molecule has 6 rings (SSSR count). The van der Waals surface area contributed by atoms with E-state index in [1.807, 2.05) is 13.0 Å². The highest BCUT2D eigenvalue weighted by Crippen LogP contribution is 2.53. The molecule has 3 fully saturated rings. The van der Waals surface area contributed by atoms with Gasteiger partial charge in [0.1, 0.15) is 40.8 Å². The topological polar surface area (TPSA) is 208 Å². The van der Waals surface area contributed by atoms with E-state index < -0.39 is 67.5 Å². The standard InChI is InChI=1S/C39H55N7O9S/c1-23-11-9-10-14-38(45-50)21-39(38,22-40-56(51,52)37(7)15-16-37)44-32(47)30-19-27(54-33-25(3)41-28-13-12-26(53-8)18-29(28)42-33)20-46(30)34(48)31(24(2)17-23)43-35(49)55-36(4,5)6/h10,12-14,18,23-24,27,30-31,40H,9,11,15-17,19-22H2,1-8H3,(H,43,49)(H,44,47)/b14-10-/t23-,24-,27-,30?,31+,38+,39+/m1/s1. The fourth-order valence-corrected chi connectivity index (χ4v) is 9.26. The highest BCUT2D eigenvalue weighted by molar-refractivity contribution is 7.91. The van der Waals surface area contributed by atoms with Crippen molar-refractivity contribution in [3.63, 3.8) is 0 Å². The van der Waals surface area contributed by atoms with Gasteiger partial charge in [-0.3, -0.25) is 9.59 Å². The maximum atomic E-state index is 14.8. The van der Waals surface area contributed by atoms with E-state index in [-0.39, 0.29) is 43.6 Å². The number of carbonyl (C=O) groups is 3. The molecule has 1 unspecified atom stereocenters. The first-order valence-electron chi connectivity index (χ1n) is 19.4. The van der Waals surface area contributed by atoms with Gasteiger partial charge in [0.15, 0.2) is 0 Å². The van der Waals surface area contributed by atoms with E-state index in [4.69, 9.17) is 19.2 Å². The van der Waals surface area contributed by atoms with E-state index in [1.165, 1.54) is 4.90 Å². The van der Waals surface area contributed by atoms with Crippen LogP contribution in [0.3, 0.4) is 0 Å². The predicted molar refractivity (Wildman–Crippen MR) is 208 cm³/mol. The average Bonchev–Trinajstić information content (AvgIpc) is 3.97. The van der Waals surface area contributed by atoms with Crippen LogP contribution in [0.5, 0.6) is 11.6 Å². The Labute approximate surface area is 328 Å². The number of sulfonamides is 1. The van der Waals surface area contributed by atoms with Crippen molar-refractivity contribution < 1.29 is 37.0 Å². The number of methoxy groups -OCH3 is 1. The quantitative estimate of drug-likeness (QED) is 0.239. The fraction of sp³-hybridized carbons (Fsp3) is 0.667. The van der Waals surface area contributed by atoms with E-state index in [1.54, 1.807) is 66.0 Å². The summed E-state index contributed by atoms with van der Waals surface area (Å²) in [4.78, 5) is 66.0. The Hall–Kier alpha value is -4.38. The molecule has 1 saturated heterocycles. The number of benzene rings is 1. The van der Waals surface area contributed by atoms with Crippen molar-refractivity contribution in [3.8, 4) is 11.6 Å². The molecule has 7 atom stereocenters. The Morgan fingerprint density at radius 2 is 1.86 bits per heavy atom. The van der Waals surface area contributed by atoms with E-state index in [9.17, 15) is 27.7 Å². The zero-order valence-electron chi connectivity index (χ0n) is 33.5. The van der Waals surface area contributed by atoms with Gasteiger partial charge in [-0.05, 0) is 90.7 Å². The Balaban J connectivity index is 1.36. The van der Waals surface area contributed by atoms with Gasteiger partial charge in [-0.25, -0.2) is 27.9 Å². The number of allylic oxidation sites excluding steroid dienone is 1. The van der Waals surface area contributed by atoms with E-state index in [0.717, 1.165) is 0 Å². The number of hydrogen-bond acceptors (Lipinski definition) is 12. The molecule has 16 nitrogen and oxygen atoms in total. The van der Waals surface area contributed by atoms with Gasteiger partial charge in [0.05, 0.1) is 35.0 Å². The smallest absolute Gasteiger partial charge is 0.408 e. The summed E-state index contributed by atoms with van der Waals surface area (Å²) in [5.74, 6) is -0.587. The zero-order valence-corrected chi connectivity index (χ0v) is 34.3. The molecule has 2 aliphatic heterocycles.